The number of ether oxygens (including phenoxy) is 13. The quantitative estimate of drug-likeness (QED) is 0.147. The van der Waals surface area contributed by atoms with Crippen LogP contribution in [0.5, 0.6) is 0 Å². The molecule has 23 heteroatoms. The molecule has 8 heterocycles. The van der Waals surface area contributed by atoms with Crippen molar-refractivity contribution in [1.82, 2.24) is 10.2 Å². The van der Waals surface area contributed by atoms with Gasteiger partial charge in [-0.15, -0.1) is 0 Å². The van der Waals surface area contributed by atoms with E-state index < -0.39 is 53.0 Å². The number of amides is 1. The van der Waals surface area contributed by atoms with Crippen LogP contribution < -0.4 is 22.3 Å². The van der Waals surface area contributed by atoms with Crippen molar-refractivity contribution in [3.05, 3.63) is 7.43 Å². The van der Waals surface area contributed by atoms with E-state index >= 15 is 0 Å². The number of hydrogen-bond acceptors (Lipinski definition) is 20. The minimum atomic E-state index is -0.654. The molecule has 1 amide bonds. The van der Waals surface area contributed by atoms with Crippen LogP contribution in [0.25, 0.3) is 0 Å². The summed E-state index contributed by atoms with van der Waals surface area (Å²) in [6.45, 7) is 33.3. The number of carbonyl (C=O) groups excluding carboxylic acids is 4. The van der Waals surface area contributed by atoms with Gasteiger partial charge < -0.3 is 111 Å². The van der Waals surface area contributed by atoms with E-state index in [-0.39, 0.29) is 110 Å². The van der Waals surface area contributed by atoms with Crippen LogP contribution in [0.2, 0.25) is 0 Å². The SMILES string of the molecule is C.C1CCNC1.CC(=O)[C@H]1COC(C)(C)O1.CC1(C)OC[C@@H](C=O)O1.CC1(C)OC[C@H](C(=O)N2CCCC2)O1.COC(=O)[C@H]1COC(C)(C)O1.C[C@@H](O)[C@H]1COC(C)(C)O1.C[C@H](O)[C@H]1COC(C)(C)O1.[Br-].[CH3-].[Mg+2]. The van der Waals surface area contributed by atoms with Gasteiger partial charge in [-0.25, -0.2) is 4.79 Å². The summed E-state index contributed by atoms with van der Waals surface area (Å²) in [5.41, 5.74) is 0. The molecule has 8 rings (SSSR count). The summed E-state index contributed by atoms with van der Waals surface area (Å²) >= 11 is 0. The van der Waals surface area contributed by atoms with Crippen molar-refractivity contribution in [1.29, 1.82) is 0 Å². The Hall–Kier alpha value is -1.07. The minimum Gasteiger partial charge on any atom is -1.00 e. The molecule has 8 aliphatic heterocycles. The molecule has 0 spiro atoms. The van der Waals surface area contributed by atoms with Gasteiger partial charge in [-0.1, -0.05) is 7.43 Å². The minimum absolute atomic E-state index is 0. The molecule has 0 radical (unpaired) electrons. The maximum atomic E-state index is 11.9. The summed E-state index contributed by atoms with van der Waals surface area (Å²) < 4.78 is 67.5. The monoisotopic (exact) mass is 1130 g/mol. The van der Waals surface area contributed by atoms with E-state index in [9.17, 15) is 19.2 Å². The summed E-state index contributed by atoms with van der Waals surface area (Å²) in [4.78, 5) is 45.4. The number of likely N-dealkylation sites (tertiary alicyclic amines) is 1. The molecule has 8 aliphatic rings. The van der Waals surface area contributed by atoms with Gasteiger partial charge in [0.1, 0.15) is 24.4 Å². The second-order valence-corrected chi connectivity index (χ2v) is 20.3. The summed E-state index contributed by atoms with van der Waals surface area (Å²) in [7, 11) is 1.33. The van der Waals surface area contributed by atoms with E-state index in [0.29, 0.717) is 33.0 Å². The molecule has 0 unspecified atom stereocenters. The predicted molar refractivity (Wildman–Crippen MR) is 268 cm³/mol. The molecule has 0 aromatic rings. The molecule has 0 aromatic heterocycles. The van der Waals surface area contributed by atoms with E-state index in [1.807, 2.05) is 46.4 Å². The van der Waals surface area contributed by atoms with Gasteiger partial charge >= 0.3 is 29.0 Å². The number of Topliss-reactive ketones (excluding diaryl/α,β-unsaturated/α-hetero) is 1. The topological polar surface area (TPSA) is 244 Å². The fourth-order valence-electron chi connectivity index (χ4n) is 7.09. The zero-order chi connectivity index (χ0) is 52.4. The number of aldehydes is 1. The Balaban J connectivity index is -0.000000785. The number of aliphatic hydroxyl groups excluding tert-OH is 2. The summed E-state index contributed by atoms with van der Waals surface area (Å²) in [6, 6.07) is 0. The van der Waals surface area contributed by atoms with Crippen LogP contribution in [0.15, 0.2) is 0 Å². The predicted octanol–water partition coefficient (Wildman–Crippen LogP) is 1.25. The third-order valence-corrected chi connectivity index (χ3v) is 10.9. The molecule has 8 saturated heterocycles. The Morgan fingerprint density at radius 2 is 0.918 bits per heavy atom. The molecule has 73 heavy (non-hydrogen) atoms. The van der Waals surface area contributed by atoms with Crippen molar-refractivity contribution >= 4 is 47.0 Å². The van der Waals surface area contributed by atoms with E-state index in [4.69, 9.17) is 67.1 Å². The van der Waals surface area contributed by atoms with Gasteiger partial charge in [-0.2, -0.15) is 0 Å². The third-order valence-electron chi connectivity index (χ3n) is 10.9. The van der Waals surface area contributed by atoms with Gasteiger partial charge in [0.2, 0.25) is 0 Å². The zero-order valence-electron chi connectivity index (χ0n) is 46.5. The fraction of sp³-hybridized carbons (Fsp3) is 0.900. The molecular weight excluding hydrogens is 1040 g/mol. The number of esters is 1. The summed E-state index contributed by atoms with van der Waals surface area (Å²) in [6.07, 6.45) is 2.90. The van der Waals surface area contributed by atoms with E-state index in [0.717, 1.165) is 32.2 Å². The number of aliphatic hydroxyl groups is 2. The van der Waals surface area contributed by atoms with Gasteiger partial charge in [-0.05, 0) is 143 Å². The van der Waals surface area contributed by atoms with Crippen LogP contribution in [0.1, 0.15) is 137 Å². The second-order valence-electron chi connectivity index (χ2n) is 20.3. The molecule has 0 aliphatic carbocycles. The number of methoxy groups -OCH3 is 1. The average Bonchev–Trinajstić information content (AvgIpc) is 4.10. The molecule has 0 aromatic carbocycles. The molecular formula is C50H95BrMgN2O19. The Bertz CT molecular complexity index is 1520. The largest absolute Gasteiger partial charge is 2.00 e. The van der Waals surface area contributed by atoms with Crippen LogP contribution in [0.4, 0.5) is 0 Å². The molecule has 3 N–H and O–H groups in total. The summed E-state index contributed by atoms with van der Waals surface area (Å²) in [5, 5.41) is 21.4. The molecule has 21 nitrogen and oxygen atoms in total. The Labute approximate surface area is 463 Å². The van der Waals surface area contributed by atoms with E-state index in [1.165, 1.54) is 40.0 Å². The first-order chi connectivity index (χ1) is 31.8. The van der Waals surface area contributed by atoms with Crippen LogP contribution in [0.3, 0.4) is 0 Å². The van der Waals surface area contributed by atoms with Crippen LogP contribution >= 0.6 is 0 Å². The number of ketones is 1. The van der Waals surface area contributed by atoms with Crippen molar-refractivity contribution in [2.75, 3.05) is 72.9 Å². The van der Waals surface area contributed by atoms with Crippen molar-refractivity contribution in [3.63, 3.8) is 0 Å². The Morgan fingerprint density at radius 1 is 0.575 bits per heavy atom. The number of rotatable bonds is 6. The molecule has 0 bridgehead atoms. The standard InChI is InChI=1S/C10H17NO3.C7H12O4.2C7H14O3.C7H12O3.C6H10O3.C4H9N.CH4.CH3.BrH.Mg/c1-10(2)13-7-8(14-10)9(12)11-5-3-4-6-11;1-7(2)10-4-5(11-7)6(8)9-3;3*1-5(8)6-4-9-7(2,3)10-6;1-6(2)8-4-5(3-7)9-6;1-2-4-5-3-1;;;;/h8H,3-7H2,1-2H3;5H,4H2,1-3H3;2*5-6,8H,4H2,1-3H3;6H,4H2,1-3H3;3,5H,4H2,1-2H3;5H,1-4H2;1H4;1H3;1H;/q;;;;;;;;-1;;+2/p-1/t8-;5-;5-,6+;5-,6-;6-;5-;;;;;/m110111...../s1. The van der Waals surface area contributed by atoms with E-state index in [1.54, 1.807) is 55.4 Å². The van der Waals surface area contributed by atoms with Crippen molar-refractivity contribution in [2.24, 2.45) is 0 Å². The van der Waals surface area contributed by atoms with Gasteiger partial charge in [0, 0.05) is 13.1 Å². The first-order valence-electron chi connectivity index (χ1n) is 24.1. The number of nitrogens with one attached hydrogen (secondary N) is 1. The Kier molecular flexibility index (Phi) is 36.2. The number of halogens is 1. The van der Waals surface area contributed by atoms with Crippen LogP contribution in [0, 0.1) is 7.43 Å². The first kappa shape index (κ1) is 76.2. The molecule has 0 saturated carbocycles. The van der Waals surface area contributed by atoms with Gasteiger partial charge in [0.15, 0.2) is 59.0 Å². The maximum Gasteiger partial charge on any atom is 2.00 e. The summed E-state index contributed by atoms with van der Waals surface area (Å²) in [5.74, 6) is -3.67. The second kappa shape index (κ2) is 34.7. The molecule has 8 atom stereocenters. The molecule has 428 valence electrons. The number of nitrogens with zero attached hydrogens (tertiary/aromatic N) is 1. The normalized spacial score (nSPS) is 29.4. The van der Waals surface area contributed by atoms with Crippen molar-refractivity contribution in [2.45, 2.75) is 221 Å². The average molecular weight is 1130 g/mol. The third kappa shape index (κ3) is 30.6. The van der Waals surface area contributed by atoms with Crippen molar-refractivity contribution < 1.29 is 108 Å². The Morgan fingerprint density at radius 3 is 1.14 bits per heavy atom. The van der Waals surface area contributed by atoms with Crippen LogP contribution in [-0.2, 0) is 80.8 Å². The molecule has 8 fully saturated rings. The van der Waals surface area contributed by atoms with E-state index in [2.05, 4.69) is 10.1 Å². The first-order valence-corrected chi connectivity index (χ1v) is 24.1. The fourth-order valence-corrected chi connectivity index (χ4v) is 7.09. The van der Waals surface area contributed by atoms with Gasteiger partial charge in [0.25, 0.3) is 5.91 Å². The zero-order valence-corrected chi connectivity index (χ0v) is 49.5. The maximum absolute atomic E-state index is 11.9. The van der Waals surface area contributed by atoms with Gasteiger partial charge in [-0.3, -0.25) is 9.59 Å². The van der Waals surface area contributed by atoms with Gasteiger partial charge in [0.05, 0.1) is 59.0 Å². The van der Waals surface area contributed by atoms with Crippen molar-refractivity contribution in [3.8, 4) is 0 Å². The van der Waals surface area contributed by atoms with Crippen LogP contribution in [-0.4, -0.2) is 219 Å². The number of carbonyl (C=O) groups is 4. The smallest absolute Gasteiger partial charge is 1.00 e. The number of hydrogen-bond donors (Lipinski definition) is 3.